The van der Waals surface area contributed by atoms with Crippen LogP contribution in [-0.2, 0) is 9.53 Å². The Kier molecular flexibility index (Phi) is 7.28. The maximum atomic E-state index is 11.9. The minimum atomic E-state index is -4.83. The molecule has 2 atom stereocenters. The van der Waals surface area contributed by atoms with Gasteiger partial charge in [0.2, 0.25) is 0 Å². The molecule has 1 rings (SSSR count). The Balaban J connectivity index is 0.00000137. The van der Waals surface area contributed by atoms with Crippen LogP contribution in [0, 0.1) is 5.92 Å². The molecule has 18 heavy (non-hydrogen) atoms. The van der Waals surface area contributed by atoms with Gasteiger partial charge in [-0.2, -0.15) is 13.2 Å². The van der Waals surface area contributed by atoms with E-state index in [4.69, 9.17) is 4.74 Å². The minimum Gasteiger partial charge on any atom is -0.376 e. The highest BCUT2D eigenvalue weighted by Crippen LogP contribution is 2.29. The van der Waals surface area contributed by atoms with Gasteiger partial charge in [0.15, 0.2) is 0 Å². The van der Waals surface area contributed by atoms with E-state index in [0.29, 0.717) is 12.5 Å². The molecule has 1 N–H and O–H groups in total. The fraction of sp³-hybridized carbons (Fsp3) is 0.917. The monoisotopic (exact) mass is 269 g/mol. The summed E-state index contributed by atoms with van der Waals surface area (Å²) in [7, 11) is 0. The third-order valence-corrected chi connectivity index (χ3v) is 2.61. The van der Waals surface area contributed by atoms with Gasteiger partial charge in [-0.05, 0) is 32.6 Å². The molecule has 0 bridgehead atoms. The summed E-state index contributed by atoms with van der Waals surface area (Å²) in [5.74, 6) is -1.37. The summed E-state index contributed by atoms with van der Waals surface area (Å²) in [6.07, 6.45) is -3.00. The van der Waals surface area contributed by atoms with Gasteiger partial charge in [-0.25, -0.2) is 0 Å². The van der Waals surface area contributed by atoms with Crippen molar-refractivity contribution in [2.24, 2.45) is 5.92 Å². The van der Waals surface area contributed by atoms with E-state index in [-0.39, 0.29) is 0 Å². The predicted octanol–water partition coefficient (Wildman–Crippen LogP) is 2.89. The highest BCUT2D eigenvalue weighted by Gasteiger charge is 2.39. The first-order valence-electron chi connectivity index (χ1n) is 6.30. The number of rotatable bonds is 5. The van der Waals surface area contributed by atoms with Crippen molar-refractivity contribution in [1.82, 2.24) is 5.32 Å². The number of ether oxygens (including phenoxy) is 1. The summed E-state index contributed by atoms with van der Waals surface area (Å²) >= 11 is 0. The van der Waals surface area contributed by atoms with Gasteiger partial charge < -0.3 is 10.1 Å². The molecule has 2 unspecified atom stereocenters. The lowest BCUT2D eigenvalue weighted by Crippen LogP contribution is -2.46. The Morgan fingerprint density at radius 1 is 1.33 bits per heavy atom. The van der Waals surface area contributed by atoms with Crippen molar-refractivity contribution >= 4 is 5.91 Å². The average Bonchev–Trinajstić information content (AvgIpc) is 3.11. The van der Waals surface area contributed by atoms with Crippen LogP contribution in [0.15, 0.2) is 0 Å². The van der Waals surface area contributed by atoms with Crippen molar-refractivity contribution < 1.29 is 22.7 Å². The fourth-order valence-corrected chi connectivity index (χ4v) is 1.12. The van der Waals surface area contributed by atoms with Crippen LogP contribution in [0.3, 0.4) is 0 Å². The Hall–Kier alpha value is -0.780. The maximum absolute atomic E-state index is 11.9. The first-order valence-corrected chi connectivity index (χ1v) is 6.30. The molecule has 0 spiro atoms. The third kappa shape index (κ3) is 6.83. The highest BCUT2D eigenvalue weighted by atomic mass is 19.4. The number of nitrogens with one attached hydrogen (secondary N) is 1. The van der Waals surface area contributed by atoms with E-state index in [9.17, 15) is 18.0 Å². The molecule has 108 valence electrons. The van der Waals surface area contributed by atoms with E-state index in [1.807, 2.05) is 19.2 Å². The molecule has 1 saturated carbocycles. The Bertz CT molecular complexity index is 252. The quantitative estimate of drug-likeness (QED) is 0.833. The van der Waals surface area contributed by atoms with E-state index >= 15 is 0 Å². The van der Waals surface area contributed by atoms with Crippen LogP contribution in [0.1, 0.15) is 40.5 Å². The van der Waals surface area contributed by atoms with Gasteiger partial charge in [-0.3, -0.25) is 4.79 Å². The molecule has 0 radical (unpaired) electrons. The second kappa shape index (κ2) is 7.61. The Morgan fingerprint density at radius 3 is 2.22 bits per heavy atom. The summed E-state index contributed by atoms with van der Waals surface area (Å²) in [6, 6.07) is -0.645. The van der Waals surface area contributed by atoms with Crippen LogP contribution in [-0.4, -0.2) is 30.8 Å². The van der Waals surface area contributed by atoms with Crippen molar-refractivity contribution in [3.05, 3.63) is 0 Å². The standard InChI is InChI=1S/C10H16F3NO2.C2H6/c1-6(14-9(15)10(11,12)13)7(2)16-5-8-3-4-8;1-2/h6-8H,3-5H2,1-2H3,(H,14,15);1-2H3. The SMILES string of the molecule is CC.CC(NC(=O)C(F)(F)F)C(C)OCC1CC1. The second-order valence-electron chi connectivity index (χ2n) is 4.24. The van der Waals surface area contributed by atoms with Crippen LogP contribution >= 0.6 is 0 Å². The number of alkyl halides is 3. The molecule has 0 aromatic rings. The first-order chi connectivity index (χ1) is 8.30. The summed E-state index contributed by atoms with van der Waals surface area (Å²) in [5, 5.41) is 1.87. The molecule has 0 aromatic heterocycles. The van der Waals surface area contributed by atoms with Crippen LogP contribution in [0.5, 0.6) is 0 Å². The molecule has 1 fully saturated rings. The average molecular weight is 269 g/mol. The number of hydrogen-bond donors (Lipinski definition) is 1. The van der Waals surface area contributed by atoms with Crippen LogP contribution < -0.4 is 5.32 Å². The van der Waals surface area contributed by atoms with E-state index < -0.39 is 24.2 Å². The Labute approximate surface area is 106 Å². The van der Waals surface area contributed by atoms with Crippen molar-refractivity contribution in [2.75, 3.05) is 6.61 Å². The number of carbonyl (C=O) groups is 1. The molecule has 1 aliphatic carbocycles. The van der Waals surface area contributed by atoms with Gasteiger partial charge in [-0.1, -0.05) is 13.8 Å². The Morgan fingerprint density at radius 2 is 1.83 bits per heavy atom. The molecule has 0 aromatic carbocycles. The molecule has 6 heteroatoms. The topological polar surface area (TPSA) is 38.3 Å². The van der Waals surface area contributed by atoms with Crippen LogP contribution in [0.25, 0.3) is 0 Å². The van der Waals surface area contributed by atoms with E-state index in [1.165, 1.54) is 6.92 Å². The molecule has 1 aliphatic rings. The zero-order valence-electron chi connectivity index (χ0n) is 11.3. The van der Waals surface area contributed by atoms with Gasteiger partial charge >= 0.3 is 12.1 Å². The number of halogens is 3. The van der Waals surface area contributed by atoms with E-state index in [2.05, 4.69) is 0 Å². The van der Waals surface area contributed by atoms with Gasteiger partial charge in [-0.15, -0.1) is 0 Å². The van der Waals surface area contributed by atoms with Crippen molar-refractivity contribution in [3.8, 4) is 0 Å². The van der Waals surface area contributed by atoms with Crippen molar-refractivity contribution in [1.29, 1.82) is 0 Å². The van der Waals surface area contributed by atoms with Crippen LogP contribution in [0.2, 0.25) is 0 Å². The highest BCUT2D eigenvalue weighted by molar-refractivity contribution is 5.81. The smallest absolute Gasteiger partial charge is 0.376 e. The molecular weight excluding hydrogens is 247 g/mol. The minimum absolute atomic E-state index is 0.410. The van der Waals surface area contributed by atoms with Crippen molar-refractivity contribution in [2.45, 2.75) is 58.9 Å². The van der Waals surface area contributed by atoms with E-state index in [0.717, 1.165) is 12.8 Å². The fourth-order valence-electron chi connectivity index (χ4n) is 1.12. The van der Waals surface area contributed by atoms with Gasteiger partial charge in [0.05, 0.1) is 12.1 Å². The zero-order chi connectivity index (χ0) is 14.3. The lowest BCUT2D eigenvalue weighted by molar-refractivity contribution is -0.175. The molecule has 3 nitrogen and oxygen atoms in total. The number of carbonyl (C=O) groups excluding carboxylic acids is 1. The molecule has 0 heterocycles. The summed E-state index contributed by atoms with van der Waals surface area (Å²) in [5.41, 5.74) is 0. The predicted molar refractivity (Wildman–Crippen MR) is 63.1 cm³/mol. The summed E-state index contributed by atoms with van der Waals surface area (Å²) in [6.45, 7) is 7.72. The molecule has 1 amide bonds. The normalized spacial score (nSPS) is 18.4. The molecular formula is C12H22F3NO2. The molecule has 0 saturated heterocycles. The maximum Gasteiger partial charge on any atom is 0.471 e. The second-order valence-corrected chi connectivity index (χ2v) is 4.24. The van der Waals surface area contributed by atoms with Crippen molar-refractivity contribution in [3.63, 3.8) is 0 Å². The largest absolute Gasteiger partial charge is 0.471 e. The summed E-state index contributed by atoms with van der Waals surface area (Å²) < 4.78 is 41.2. The lowest BCUT2D eigenvalue weighted by Gasteiger charge is -2.22. The number of hydrogen-bond acceptors (Lipinski definition) is 2. The van der Waals surface area contributed by atoms with Gasteiger partial charge in [0.25, 0.3) is 0 Å². The lowest BCUT2D eigenvalue weighted by atomic mass is 10.2. The van der Waals surface area contributed by atoms with Crippen LogP contribution in [0.4, 0.5) is 13.2 Å². The summed E-state index contributed by atoms with van der Waals surface area (Å²) in [4.78, 5) is 10.6. The molecule has 0 aliphatic heterocycles. The van der Waals surface area contributed by atoms with Gasteiger partial charge in [0, 0.05) is 6.61 Å². The first kappa shape index (κ1) is 17.2. The van der Waals surface area contributed by atoms with Gasteiger partial charge in [0.1, 0.15) is 0 Å². The third-order valence-electron chi connectivity index (χ3n) is 2.61. The number of amides is 1. The zero-order valence-corrected chi connectivity index (χ0v) is 11.3. The van der Waals surface area contributed by atoms with E-state index in [1.54, 1.807) is 6.92 Å².